The molecule has 160 valence electrons. The fourth-order valence-corrected chi connectivity index (χ4v) is 4.09. The Morgan fingerprint density at radius 2 is 1.72 bits per heavy atom. The highest BCUT2D eigenvalue weighted by Gasteiger charge is 2.26. The summed E-state index contributed by atoms with van der Waals surface area (Å²) in [6, 6.07) is 23.9. The van der Waals surface area contributed by atoms with Gasteiger partial charge in [0.2, 0.25) is 0 Å². The van der Waals surface area contributed by atoms with Crippen LogP contribution in [0.1, 0.15) is 21.6 Å². The van der Waals surface area contributed by atoms with Gasteiger partial charge in [-0.2, -0.15) is 0 Å². The molecular formula is C27H24N2O3. The summed E-state index contributed by atoms with van der Waals surface area (Å²) >= 11 is 0. The minimum absolute atomic E-state index is 0.282. The maximum absolute atomic E-state index is 12.8. The topological polar surface area (TPSA) is 74.3 Å². The molecule has 1 aromatic heterocycles. The number of ether oxygens (including phenoxy) is 1. The van der Waals surface area contributed by atoms with Gasteiger partial charge in [-0.25, -0.2) is 0 Å². The van der Waals surface area contributed by atoms with Crippen LogP contribution in [-0.4, -0.2) is 22.9 Å². The van der Waals surface area contributed by atoms with E-state index in [1.165, 1.54) is 0 Å². The van der Waals surface area contributed by atoms with Crippen molar-refractivity contribution in [1.82, 2.24) is 4.57 Å². The van der Waals surface area contributed by atoms with Crippen molar-refractivity contribution in [2.24, 2.45) is 5.73 Å². The van der Waals surface area contributed by atoms with E-state index in [0.29, 0.717) is 23.4 Å². The first-order valence-corrected chi connectivity index (χ1v) is 10.4. The molecule has 1 amide bonds. The van der Waals surface area contributed by atoms with Crippen molar-refractivity contribution in [3.8, 4) is 16.9 Å². The Hall–Kier alpha value is -4.12. The number of ketones is 1. The molecule has 0 radical (unpaired) electrons. The van der Waals surface area contributed by atoms with Gasteiger partial charge in [-0.05, 0) is 35.7 Å². The van der Waals surface area contributed by atoms with Crippen LogP contribution in [0.2, 0.25) is 0 Å². The third kappa shape index (κ3) is 3.81. The minimum Gasteiger partial charge on any atom is -0.489 e. The van der Waals surface area contributed by atoms with Crippen LogP contribution in [0, 0.1) is 6.92 Å². The van der Waals surface area contributed by atoms with Gasteiger partial charge < -0.3 is 15.0 Å². The number of nitrogens with zero attached hydrogens (tertiary/aromatic N) is 1. The van der Waals surface area contributed by atoms with Crippen LogP contribution in [-0.2, 0) is 11.3 Å². The van der Waals surface area contributed by atoms with Crippen LogP contribution >= 0.6 is 0 Å². The molecule has 2 N–H and O–H groups in total. The molecule has 5 nitrogen and oxygen atoms in total. The molecule has 1 heterocycles. The van der Waals surface area contributed by atoms with E-state index in [-0.39, 0.29) is 12.2 Å². The average Bonchev–Trinajstić information content (AvgIpc) is 3.10. The van der Waals surface area contributed by atoms with Gasteiger partial charge in [0.1, 0.15) is 12.4 Å². The SMILES string of the molecule is C=CCOc1cccc2c1c(C(=O)C(N)=O)c(C)n2Cc1ccccc1-c1ccccc1. The molecule has 0 aliphatic heterocycles. The minimum atomic E-state index is -0.990. The highest BCUT2D eigenvalue weighted by Crippen LogP contribution is 2.35. The highest BCUT2D eigenvalue weighted by molar-refractivity contribution is 6.45. The van der Waals surface area contributed by atoms with E-state index >= 15 is 0 Å². The normalized spacial score (nSPS) is 10.8. The zero-order valence-electron chi connectivity index (χ0n) is 17.9. The first-order chi connectivity index (χ1) is 15.5. The third-order valence-electron chi connectivity index (χ3n) is 5.55. The maximum atomic E-state index is 12.8. The van der Waals surface area contributed by atoms with Crippen molar-refractivity contribution in [2.75, 3.05) is 6.61 Å². The van der Waals surface area contributed by atoms with Gasteiger partial charge in [-0.15, -0.1) is 0 Å². The third-order valence-corrected chi connectivity index (χ3v) is 5.55. The summed E-state index contributed by atoms with van der Waals surface area (Å²) < 4.78 is 7.85. The van der Waals surface area contributed by atoms with Gasteiger partial charge >= 0.3 is 0 Å². The maximum Gasteiger partial charge on any atom is 0.289 e. The summed E-state index contributed by atoms with van der Waals surface area (Å²) in [5, 5.41) is 0.591. The highest BCUT2D eigenvalue weighted by atomic mass is 16.5. The molecule has 32 heavy (non-hydrogen) atoms. The average molecular weight is 425 g/mol. The number of carbonyl (C=O) groups is 2. The first-order valence-electron chi connectivity index (χ1n) is 10.4. The van der Waals surface area contributed by atoms with Crippen molar-refractivity contribution in [2.45, 2.75) is 13.5 Å². The smallest absolute Gasteiger partial charge is 0.289 e. The molecule has 0 saturated carbocycles. The van der Waals surface area contributed by atoms with Gasteiger partial charge in [0.25, 0.3) is 11.7 Å². The van der Waals surface area contributed by atoms with Gasteiger partial charge in [0, 0.05) is 12.2 Å². The number of primary amides is 1. The molecule has 0 spiro atoms. The molecule has 0 bridgehead atoms. The number of rotatable bonds is 8. The van der Waals surface area contributed by atoms with Gasteiger partial charge in [-0.1, -0.05) is 73.3 Å². The molecule has 0 unspecified atom stereocenters. The predicted octanol–water partition coefficient (Wildman–Crippen LogP) is 4.90. The lowest BCUT2D eigenvalue weighted by molar-refractivity contribution is -0.114. The zero-order valence-corrected chi connectivity index (χ0v) is 17.9. The number of fused-ring (bicyclic) bond motifs is 1. The van der Waals surface area contributed by atoms with E-state index in [1.807, 2.05) is 54.0 Å². The zero-order chi connectivity index (χ0) is 22.7. The summed E-state index contributed by atoms with van der Waals surface area (Å²) in [5.74, 6) is -1.20. The van der Waals surface area contributed by atoms with E-state index < -0.39 is 11.7 Å². The van der Waals surface area contributed by atoms with Crippen LogP contribution < -0.4 is 10.5 Å². The molecule has 4 aromatic rings. The first kappa shape index (κ1) is 21.1. The summed E-state index contributed by atoms with van der Waals surface area (Å²) in [5.41, 5.74) is 10.4. The molecule has 4 rings (SSSR count). The van der Waals surface area contributed by atoms with Crippen LogP contribution in [0.15, 0.2) is 85.5 Å². The quantitative estimate of drug-likeness (QED) is 0.248. The largest absolute Gasteiger partial charge is 0.489 e. The number of aromatic nitrogens is 1. The molecule has 3 aromatic carbocycles. The standard InChI is InChI=1S/C27H24N2O3/c1-3-16-32-23-15-9-14-22-25(23)24(26(30)27(28)31)18(2)29(22)17-20-12-7-8-13-21(20)19-10-5-4-6-11-19/h3-15H,1,16-17H2,2H3,(H2,28,31). The lowest BCUT2D eigenvalue weighted by Gasteiger charge is -2.14. The Kier molecular flexibility index (Phi) is 5.90. The van der Waals surface area contributed by atoms with Crippen molar-refractivity contribution >= 4 is 22.6 Å². The van der Waals surface area contributed by atoms with Crippen molar-refractivity contribution in [3.63, 3.8) is 0 Å². The number of hydrogen-bond donors (Lipinski definition) is 1. The number of amides is 1. The molecule has 0 atom stereocenters. The molecule has 0 aliphatic rings. The molecule has 0 aliphatic carbocycles. The van der Waals surface area contributed by atoms with Crippen LogP contribution in [0.3, 0.4) is 0 Å². The lowest BCUT2D eigenvalue weighted by atomic mass is 9.99. The second kappa shape index (κ2) is 8.94. The van der Waals surface area contributed by atoms with Gasteiger partial charge in [0.05, 0.1) is 16.5 Å². The Morgan fingerprint density at radius 1 is 1.00 bits per heavy atom. The fraction of sp³-hybridized carbons (Fsp3) is 0.111. The monoisotopic (exact) mass is 424 g/mol. The van der Waals surface area contributed by atoms with E-state index in [1.54, 1.807) is 12.1 Å². The predicted molar refractivity (Wildman–Crippen MR) is 127 cm³/mol. The fourth-order valence-electron chi connectivity index (χ4n) is 4.09. The molecular weight excluding hydrogens is 400 g/mol. The van der Waals surface area contributed by atoms with Crippen molar-refractivity contribution < 1.29 is 14.3 Å². The van der Waals surface area contributed by atoms with E-state index in [0.717, 1.165) is 22.2 Å². The van der Waals surface area contributed by atoms with Crippen LogP contribution in [0.5, 0.6) is 5.75 Å². The van der Waals surface area contributed by atoms with Crippen molar-refractivity contribution in [1.29, 1.82) is 0 Å². The molecule has 5 heteroatoms. The molecule has 0 fully saturated rings. The Labute approximate surface area is 186 Å². The number of nitrogens with two attached hydrogens (primary N) is 1. The van der Waals surface area contributed by atoms with E-state index in [4.69, 9.17) is 10.5 Å². The van der Waals surface area contributed by atoms with E-state index in [9.17, 15) is 9.59 Å². The molecule has 0 saturated heterocycles. The second-order valence-electron chi connectivity index (χ2n) is 7.51. The van der Waals surface area contributed by atoms with Crippen LogP contribution in [0.4, 0.5) is 0 Å². The van der Waals surface area contributed by atoms with Gasteiger partial charge in [0.15, 0.2) is 0 Å². The lowest BCUT2D eigenvalue weighted by Crippen LogP contribution is -2.24. The van der Waals surface area contributed by atoms with Crippen LogP contribution in [0.25, 0.3) is 22.0 Å². The number of hydrogen-bond acceptors (Lipinski definition) is 3. The Morgan fingerprint density at radius 3 is 2.44 bits per heavy atom. The van der Waals surface area contributed by atoms with Gasteiger partial charge in [-0.3, -0.25) is 9.59 Å². The van der Waals surface area contributed by atoms with E-state index in [2.05, 4.69) is 30.8 Å². The summed E-state index contributed by atoms with van der Waals surface area (Å²) in [6.07, 6.45) is 1.63. The van der Waals surface area contributed by atoms with Crippen molar-refractivity contribution in [3.05, 3.63) is 102 Å². The summed E-state index contributed by atoms with van der Waals surface area (Å²) in [4.78, 5) is 24.6. The Bertz CT molecular complexity index is 1320. The Balaban J connectivity index is 1.92. The second-order valence-corrected chi connectivity index (χ2v) is 7.51. The number of Topliss-reactive ketones (excluding diaryl/α,β-unsaturated/α-hetero) is 1. The number of carbonyl (C=O) groups excluding carboxylic acids is 2. The summed E-state index contributed by atoms with van der Waals surface area (Å²) in [7, 11) is 0. The summed E-state index contributed by atoms with van der Waals surface area (Å²) in [6.45, 7) is 6.32. The number of benzene rings is 3.